The van der Waals surface area contributed by atoms with Crippen LogP contribution in [-0.2, 0) is 27.9 Å². The lowest BCUT2D eigenvalue weighted by molar-refractivity contribution is -0.133. The van der Waals surface area contributed by atoms with Crippen LogP contribution in [0, 0.1) is 0 Å². The normalized spacial score (nSPS) is 14.6. The summed E-state index contributed by atoms with van der Waals surface area (Å²) < 4.78 is 30.6. The number of hydrogen-bond donors (Lipinski definition) is 0. The second kappa shape index (κ2) is 7.41. The summed E-state index contributed by atoms with van der Waals surface area (Å²) in [6, 6.07) is 13.2. The minimum absolute atomic E-state index is 0.0406. The zero-order chi connectivity index (χ0) is 17.9. The predicted molar refractivity (Wildman–Crippen MR) is 94.0 cm³/mol. The Morgan fingerprint density at radius 2 is 1.84 bits per heavy atom. The van der Waals surface area contributed by atoms with Crippen LogP contribution in [0.15, 0.2) is 53.1 Å². The first-order chi connectivity index (χ1) is 11.9. The highest BCUT2D eigenvalue weighted by molar-refractivity contribution is 7.88. The van der Waals surface area contributed by atoms with Crippen molar-refractivity contribution in [1.82, 2.24) is 9.21 Å². The molecule has 0 radical (unpaired) electrons. The number of benzene rings is 1. The molecule has 0 N–H and O–H groups in total. The van der Waals surface area contributed by atoms with E-state index in [4.69, 9.17) is 4.42 Å². The summed E-state index contributed by atoms with van der Waals surface area (Å²) in [5.74, 6) is 0.444. The molecule has 0 unspecified atom stereocenters. The van der Waals surface area contributed by atoms with E-state index in [9.17, 15) is 13.2 Å². The molecule has 25 heavy (non-hydrogen) atoms. The van der Waals surface area contributed by atoms with Crippen molar-refractivity contribution < 1.29 is 17.6 Å². The van der Waals surface area contributed by atoms with E-state index in [-0.39, 0.29) is 18.5 Å². The zero-order valence-electron chi connectivity index (χ0n) is 14.2. The van der Waals surface area contributed by atoms with E-state index >= 15 is 0 Å². The summed E-state index contributed by atoms with van der Waals surface area (Å²) in [5.41, 5.74) is 0.986. The fourth-order valence-electron chi connectivity index (χ4n) is 2.74. The molecule has 1 amide bonds. The molecule has 7 heteroatoms. The highest BCUT2D eigenvalue weighted by atomic mass is 32.2. The van der Waals surface area contributed by atoms with Crippen LogP contribution in [0.2, 0.25) is 0 Å². The van der Waals surface area contributed by atoms with Crippen LogP contribution in [0.3, 0.4) is 0 Å². The summed E-state index contributed by atoms with van der Waals surface area (Å²) in [6.45, 7) is 0.586. The summed E-state index contributed by atoms with van der Waals surface area (Å²) in [5, 5.41) is 0. The number of hydrogen-bond acceptors (Lipinski definition) is 4. The summed E-state index contributed by atoms with van der Waals surface area (Å²) in [4.78, 5) is 14.5. The maximum absolute atomic E-state index is 12.8. The van der Waals surface area contributed by atoms with Crippen molar-refractivity contribution in [2.45, 2.75) is 32.0 Å². The lowest BCUT2D eigenvalue weighted by Crippen LogP contribution is -2.43. The molecule has 1 aliphatic carbocycles. The Bertz CT molecular complexity index is 799. The van der Waals surface area contributed by atoms with E-state index in [2.05, 4.69) is 0 Å². The molecule has 0 bridgehead atoms. The van der Waals surface area contributed by atoms with Crippen LogP contribution in [-0.4, -0.2) is 42.4 Å². The van der Waals surface area contributed by atoms with Gasteiger partial charge in [-0.1, -0.05) is 30.3 Å². The van der Waals surface area contributed by atoms with Gasteiger partial charge in [-0.15, -0.1) is 0 Å². The van der Waals surface area contributed by atoms with Crippen LogP contribution in [0.1, 0.15) is 24.2 Å². The Morgan fingerprint density at radius 3 is 2.40 bits per heavy atom. The summed E-state index contributed by atoms with van der Waals surface area (Å²) in [6.07, 6.45) is 4.36. The molecule has 1 aliphatic rings. The lowest BCUT2D eigenvalue weighted by Gasteiger charge is -2.26. The Hall–Kier alpha value is -2.12. The molecule has 1 saturated carbocycles. The maximum Gasteiger partial charge on any atom is 0.238 e. The third-order valence-electron chi connectivity index (χ3n) is 4.17. The summed E-state index contributed by atoms with van der Waals surface area (Å²) >= 11 is 0. The number of amides is 1. The quantitative estimate of drug-likeness (QED) is 0.722. The van der Waals surface area contributed by atoms with Crippen molar-refractivity contribution in [2.75, 3.05) is 12.8 Å². The molecular formula is C18H22N2O4S. The highest BCUT2D eigenvalue weighted by Gasteiger charge is 2.37. The minimum atomic E-state index is -3.40. The second-order valence-electron chi connectivity index (χ2n) is 6.35. The first-order valence-corrected chi connectivity index (χ1v) is 10.1. The second-order valence-corrected chi connectivity index (χ2v) is 8.29. The molecule has 0 saturated heterocycles. The van der Waals surface area contributed by atoms with Gasteiger partial charge in [-0.3, -0.25) is 4.79 Å². The molecule has 0 spiro atoms. The van der Waals surface area contributed by atoms with Crippen molar-refractivity contribution in [3.8, 4) is 0 Å². The van der Waals surface area contributed by atoms with E-state index < -0.39 is 10.0 Å². The number of furan rings is 1. The zero-order valence-corrected chi connectivity index (χ0v) is 15.0. The Balaban J connectivity index is 1.76. The van der Waals surface area contributed by atoms with Crippen LogP contribution in [0.5, 0.6) is 0 Å². The lowest BCUT2D eigenvalue weighted by atomic mass is 10.2. The van der Waals surface area contributed by atoms with E-state index in [0.29, 0.717) is 18.8 Å². The number of nitrogens with zero attached hydrogens (tertiary/aromatic N) is 2. The maximum atomic E-state index is 12.8. The van der Waals surface area contributed by atoms with Crippen molar-refractivity contribution in [2.24, 2.45) is 0 Å². The van der Waals surface area contributed by atoms with E-state index in [0.717, 1.165) is 24.7 Å². The van der Waals surface area contributed by atoms with Crippen LogP contribution < -0.4 is 0 Å². The smallest absolute Gasteiger partial charge is 0.238 e. The third-order valence-corrected chi connectivity index (χ3v) is 5.45. The van der Waals surface area contributed by atoms with Gasteiger partial charge >= 0.3 is 0 Å². The average Bonchev–Trinajstić information content (AvgIpc) is 3.27. The minimum Gasteiger partial charge on any atom is -0.467 e. The standard InChI is InChI=1S/C18H22N2O4S/c1-25(22,23)20(16-9-10-16)14-18(21)19(13-17-8-5-11-24-17)12-15-6-3-2-4-7-15/h2-8,11,16H,9-10,12-14H2,1H3. The third kappa shape index (κ3) is 4.93. The van der Waals surface area contributed by atoms with Gasteiger partial charge in [0.2, 0.25) is 15.9 Å². The van der Waals surface area contributed by atoms with Gasteiger partial charge in [0.15, 0.2) is 0 Å². The number of carbonyl (C=O) groups is 1. The van der Waals surface area contributed by atoms with Gasteiger partial charge in [0.25, 0.3) is 0 Å². The van der Waals surface area contributed by atoms with Crippen molar-refractivity contribution in [1.29, 1.82) is 0 Å². The van der Waals surface area contributed by atoms with Crippen molar-refractivity contribution >= 4 is 15.9 Å². The van der Waals surface area contributed by atoms with Crippen molar-refractivity contribution in [3.05, 3.63) is 60.1 Å². The van der Waals surface area contributed by atoms with Gasteiger partial charge in [-0.05, 0) is 30.5 Å². The number of rotatable bonds is 8. The largest absolute Gasteiger partial charge is 0.467 e. The number of carbonyl (C=O) groups excluding carboxylic acids is 1. The predicted octanol–water partition coefficient (Wildman–Crippen LogP) is 2.23. The van der Waals surface area contributed by atoms with Crippen LogP contribution in [0.25, 0.3) is 0 Å². The number of sulfonamides is 1. The molecule has 3 rings (SSSR count). The topological polar surface area (TPSA) is 70.8 Å². The summed E-state index contributed by atoms with van der Waals surface area (Å²) in [7, 11) is -3.40. The van der Waals surface area contributed by atoms with E-state index in [1.807, 2.05) is 30.3 Å². The van der Waals surface area contributed by atoms with E-state index in [1.165, 1.54) is 4.31 Å². The molecule has 1 aromatic heterocycles. The van der Waals surface area contributed by atoms with Gasteiger partial charge in [-0.2, -0.15) is 4.31 Å². The first kappa shape index (κ1) is 17.7. The highest BCUT2D eigenvalue weighted by Crippen LogP contribution is 2.29. The average molecular weight is 362 g/mol. The van der Waals surface area contributed by atoms with Gasteiger partial charge in [0, 0.05) is 12.6 Å². The molecule has 6 nitrogen and oxygen atoms in total. The molecular weight excluding hydrogens is 340 g/mol. The monoisotopic (exact) mass is 362 g/mol. The van der Waals surface area contributed by atoms with Crippen LogP contribution in [0.4, 0.5) is 0 Å². The van der Waals surface area contributed by atoms with Gasteiger partial charge in [0.1, 0.15) is 5.76 Å². The molecule has 0 aliphatic heterocycles. The van der Waals surface area contributed by atoms with Gasteiger partial charge in [0.05, 0.1) is 25.6 Å². The molecule has 2 aromatic rings. The first-order valence-electron chi connectivity index (χ1n) is 8.24. The molecule has 134 valence electrons. The SMILES string of the molecule is CS(=O)(=O)N(CC(=O)N(Cc1ccccc1)Cc1ccco1)C1CC1. The molecule has 1 aromatic carbocycles. The van der Waals surface area contributed by atoms with Crippen LogP contribution >= 0.6 is 0 Å². The Morgan fingerprint density at radius 1 is 1.12 bits per heavy atom. The van der Waals surface area contributed by atoms with Gasteiger partial charge in [-0.25, -0.2) is 8.42 Å². The Kier molecular flexibility index (Phi) is 5.24. The fraction of sp³-hybridized carbons (Fsp3) is 0.389. The Labute approximate surface area is 148 Å². The molecule has 1 heterocycles. The van der Waals surface area contributed by atoms with E-state index in [1.54, 1.807) is 23.3 Å². The fourth-order valence-corrected chi connectivity index (χ4v) is 3.84. The molecule has 0 atom stereocenters. The van der Waals surface area contributed by atoms with Gasteiger partial charge < -0.3 is 9.32 Å². The molecule has 1 fully saturated rings. The van der Waals surface area contributed by atoms with Crippen molar-refractivity contribution in [3.63, 3.8) is 0 Å².